The average molecular weight is 270 g/mol. The highest BCUT2D eigenvalue weighted by molar-refractivity contribution is 5.80. The van der Waals surface area contributed by atoms with Crippen LogP contribution in [0.1, 0.15) is 5.56 Å². The van der Waals surface area contributed by atoms with Gasteiger partial charge < -0.3 is 0 Å². The highest BCUT2D eigenvalue weighted by Gasteiger charge is 2.12. The van der Waals surface area contributed by atoms with Crippen LogP contribution in [0.3, 0.4) is 0 Å². The van der Waals surface area contributed by atoms with Crippen LogP contribution in [0.5, 0.6) is 0 Å². The molecule has 0 fully saturated rings. The molecule has 2 aromatic heterocycles. The van der Waals surface area contributed by atoms with E-state index >= 15 is 0 Å². The van der Waals surface area contributed by atoms with Gasteiger partial charge >= 0.3 is 0 Å². The van der Waals surface area contributed by atoms with E-state index < -0.39 is 0 Å². The molecule has 0 unspecified atom stereocenters. The second-order valence-electron chi connectivity index (χ2n) is 4.75. The largest absolute Gasteiger partial charge is 0.282 e. The van der Waals surface area contributed by atoms with Crippen LogP contribution in [0.4, 0.5) is 0 Å². The summed E-state index contributed by atoms with van der Waals surface area (Å²) in [5.41, 5.74) is 3.96. The van der Waals surface area contributed by atoms with Gasteiger partial charge in [0, 0.05) is 11.8 Å². The molecule has 98 valence electrons. The van der Waals surface area contributed by atoms with Crippen molar-refractivity contribution in [2.24, 2.45) is 0 Å². The summed E-state index contributed by atoms with van der Waals surface area (Å²) in [5.74, 6) is 0.606. The third-order valence-electron chi connectivity index (χ3n) is 3.47. The maximum absolute atomic E-state index is 9.43. The zero-order valence-corrected chi connectivity index (χ0v) is 11.1. The monoisotopic (exact) mass is 270 g/mol. The molecule has 0 amide bonds. The normalized spacial score (nSPS) is 10.8. The third-order valence-corrected chi connectivity index (χ3v) is 3.47. The fraction of sp³-hybridized carbons (Fsp3) is 0. The van der Waals surface area contributed by atoms with Crippen molar-refractivity contribution in [2.45, 2.75) is 0 Å². The smallest absolute Gasteiger partial charge is 0.235 e. The zero-order chi connectivity index (χ0) is 14.2. The predicted octanol–water partition coefficient (Wildman–Crippen LogP) is 3.42. The molecular weight excluding hydrogens is 260 g/mol. The van der Waals surface area contributed by atoms with Crippen LogP contribution in [0.2, 0.25) is 0 Å². The first-order valence-electron chi connectivity index (χ1n) is 6.60. The maximum Gasteiger partial charge on any atom is 0.235 e. The summed E-state index contributed by atoms with van der Waals surface area (Å²) in [6.45, 7) is 0. The molecule has 4 nitrogen and oxygen atoms in total. The number of fused-ring (bicyclic) bond motifs is 3. The first-order chi connectivity index (χ1) is 10.4. The van der Waals surface area contributed by atoms with Gasteiger partial charge in [0.2, 0.25) is 5.78 Å². The molecular formula is C17H10N4. The first-order valence-corrected chi connectivity index (χ1v) is 6.60. The van der Waals surface area contributed by atoms with Crippen molar-refractivity contribution >= 4 is 16.8 Å². The van der Waals surface area contributed by atoms with Gasteiger partial charge in [-0.1, -0.05) is 42.5 Å². The number of hydrogen-bond acceptors (Lipinski definition) is 3. The van der Waals surface area contributed by atoms with Gasteiger partial charge in [0.1, 0.15) is 6.07 Å². The van der Waals surface area contributed by atoms with Crippen molar-refractivity contribution in [2.75, 3.05) is 0 Å². The number of nitriles is 1. The van der Waals surface area contributed by atoms with Crippen molar-refractivity contribution < 1.29 is 0 Å². The van der Waals surface area contributed by atoms with Gasteiger partial charge in [0.05, 0.1) is 22.3 Å². The predicted molar refractivity (Wildman–Crippen MR) is 80.6 cm³/mol. The minimum absolute atomic E-state index is 0.539. The SMILES string of the molecule is N#Cc1cn2c(nc1-c1ccccc1)nc1ccccc12. The van der Waals surface area contributed by atoms with E-state index in [0.29, 0.717) is 17.0 Å². The molecule has 0 saturated carbocycles. The van der Waals surface area contributed by atoms with E-state index in [1.54, 1.807) is 6.20 Å². The Hall–Kier alpha value is -3.19. The van der Waals surface area contributed by atoms with E-state index in [9.17, 15) is 5.26 Å². The summed E-state index contributed by atoms with van der Waals surface area (Å²) >= 11 is 0. The molecule has 0 bridgehead atoms. The number of benzene rings is 2. The third kappa shape index (κ3) is 1.76. The second kappa shape index (κ2) is 4.43. The molecule has 0 spiro atoms. The molecule has 0 saturated heterocycles. The molecule has 2 heterocycles. The van der Waals surface area contributed by atoms with E-state index in [1.807, 2.05) is 59.0 Å². The lowest BCUT2D eigenvalue weighted by molar-refractivity contribution is 1.12. The molecule has 4 aromatic rings. The van der Waals surface area contributed by atoms with Crippen LogP contribution >= 0.6 is 0 Å². The summed E-state index contributed by atoms with van der Waals surface area (Å²) < 4.78 is 1.86. The Labute approximate surface area is 120 Å². The number of nitrogens with zero attached hydrogens (tertiary/aromatic N) is 4. The van der Waals surface area contributed by atoms with Gasteiger partial charge in [0.25, 0.3) is 0 Å². The lowest BCUT2D eigenvalue weighted by Crippen LogP contribution is -1.96. The highest BCUT2D eigenvalue weighted by Crippen LogP contribution is 2.24. The molecule has 21 heavy (non-hydrogen) atoms. The average Bonchev–Trinajstić information content (AvgIpc) is 2.92. The first kappa shape index (κ1) is 11.6. The van der Waals surface area contributed by atoms with E-state index in [1.165, 1.54) is 0 Å². The van der Waals surface area contributed by atoms with Gasteiger partial charge in [-0.05, 0) is 12.1 Å². The number of hydrogen-bond donors (Lipinski definition) is 0. The number of para-hydroxylation sites is 2. The van der Waals surface area contributed by atoms with E-state index in [4.69, 9.17) is 0 Å². The van der Waals surface area contributed by atoms with Gasteiger partial charge in [0.15, 0.2) is 0 Å². The van der Waals surface area contributed by atoms with Crippen LogP contribution in [0, 0.1) is 11.3 Å². The molecule has 0 aliphatic heterocycles. The molecule has 0 N–H and O–H groups in total. The van der Waals surface area contributed by atoms with Gasteiger partial charge in [-0.2, -0.15) is 5.26 Å². The summed E-state index contributed by atoms with van der Waals surface area (Å²) in [6, 6.07) is 19.7. The van der Waals surface area contributed by atoms with Crippen LogP contribution in [-0.2, 0) is 0 Å². The minimum Gasteiger partial charge on any atom is -0.282 e. The Kier molecular flexibility index (Phi) is 2.45. The second-order valence-corrected chi connectivity index (χ2v) is 4.75. The van der Waals surface area contributed by atoms with Crippen molar-refractivity contribution in [3.05, 3.63) is 66.4 Å². The van der Waals surface area contributed by atoms with Crippen molar-refractivity contribution in [1.82, 2.24) is 14.4 Å². The summed E-state index contributed by atoms with van der Waals surface area (Å²) in [6.07, 6.45) is 1.81. The number of aromatic nitrogens is 3. The van der Waals surface area contributed by atoms with Gasteiger partial charge in [-0.25, -0.2) is 9.97 Å². The summed E-state index contributed by atoms with van der Waals surface area (Å²) in [5, 5.41) is 9.43. The highest BCUT2D eigenvalue weighted by atomic mass is 15.1. The Bertz CT molecular complexity index is 994. The van der Waals surface area contributed by atoms with E-state index in [0.717, 1.165) is 16.6 Å². The molecule has 0 aliphatic rings. The molecule has 0 aliphatic carbocycles. The van der Waals surface area contributed by atoms with E-state index in [-0.39, 0.29) is 0 Å². The van der Waals surface area contributed by atoms with Gasteiger partial charge in [-0.15, -0.1) is 0 Å². The standard InChI is InChI=1S/C17H10N4/c18-10-13-11-21-15-9-5-4-8-14(15)19-17(21)20-16(13)12-6-2-1-3-7-12/h1-9,11H. The molecule has 2 aromatic carbocycles. The van der Waals surface area contributed by atoms with Crippen molar-refractivity contribution in [3.63, 3.8) is 0 Å². The Balaban J connectivity index is 2.09. The molecule has 0 radical (unpaired) electrons. The Morgan fingerprint density at radius 3 is 2.48 bits per heavy atom. The summed E-state index contributed by atoms with van der Waals surface area (Å²) in [7, 11) is 0. The Morgan fingerprint density at radius 1 is 0.905 bits per heavy atom. The van der Waals surface area contributed by atoms with Crippen LogP contribution in [0.25, 0.3) is 28.1 Å². The fourth-order valence-electron chi connectivity index (χ4n) is 2.49. The molecule has 4 heteroatoms. The maximum atomic E-state index is 9.43. The number of rotatable bonds is 1. The lowest BCUT2D eigenvalue weighted by Gasteiger charge is -2.04. The topological polar surface area (TPSA) is 54.0 Å². The molecule has 4 rings (SSSR count). The van der Waals surface area contributed by atoms with Gasteiger partial charge in [-0.3, -0.25) is 4.40 Å². The van der Waals surface area contributed by atoms with Crippen molar-refractivity contribution in [1.29, 1.82) is 5.26 Å². The number of imidazole rings is 1. The van der Waals surface area contributed by atoms with Crippen LogP contribution in [-0.4, -0.2) is 14.4 Å². The Morgan fingerprint density at radius 2 is 1.67 bits per heavy atom. The minimum atomic E-state index is 0.539. The van der Waals surface area contributed by atoms with E-state index in [2.05, 4.69) is 16.0 Å². The zero-order valence-electron chi connectivity index (χ0n) is 11.1. The van der Waals surface area contributed by atoms with Crippen LogP contribution < -0.4 is 0 Å². The summed E-state index contributed by atoms with van der Waals surface area (Å²) in [4.78, 5) is 9.10. The quantitative estimate of drug-likeness (QED) is 0.532. The van der Waals surface area contributed by atoms with Crippen LogP contribution in [0.15, 0.2) is 60.8 Å². The van der Waals surface area contributed by atoms with Crippen molar-refractivity contribution in [3.8, 4) is 17.3 Å². The molecule has 0 atom stereocenters. The fourth-order valence-corrected chi connectivity index (χ4v) is 2.49. The lowest BCUT2D eigenvalue weighted by atomic mass is 10.1.